The van der Waals surface area contributed by atoms with Crippen molar-refractivity contribution in [1.82, 2.24) is 15.5 Å². The summed E-state index contributed by atoms with van der Waals surface area (Å²) in [4.78, 5) is 26.0. The number of hydrogen-bond donors (Lipinski definition) is 2. The lowest BCUT2D eigenvalue weighted by molar-refractivity contribution is -0.127. The Labute approximate surface area is 142 Å². The lowest BCUT2D eigenvalue weighted by atomic mass is 10.1. The van der Waals surface area contributed by atoms with Crippen molar-refractivity contribution in [3.63, 3.8) is 0 Å². The third kappa shape index (κ3) is 5.84. The van der Waals surface area contributed by atoms with Gasteiger partial charge < -0.3 is 15.5 Å². The lowest BCUT2D eigenvalue weighted by Crippen LogP contribution is -2.34. The molecule has 2 amide bonds. The molecule has 0 radical (unpaired) electrons. The Balaban J connectivity index is 1.64. The van der Waals surface area contributed by atoms with E-state index in [0.717, 1.165) is 18.5 Å². The van der Waals surface area contributed by atoms with Gasteiger partial charge in [-0.15, -0.1) is 0 Å². The van der Waals surface area contributed by atoms with E-state index in [2.05, 4.69) is 10.6 Å². The van der Waals surface area contributed by atoms with Crippen LogP contribution in [0.15, 0.2) is 24.3 Å². The molecule has 0 spiro atoms. The fourth-order valence-electron chi connectivity index (χ4n) is 2.46. The molecule has 0 aromatic heterocycles. The Morgan fingerprint density at radius 1 is 1.17 bits per heavy atom. The van der Waals surface area contributed by atoms with Crippen molar-refractivity contribution in [3.8, 4) is 0 Å². The molecule has 2 unspecified atom stereocenters. The van der Waals surface area contributed by atoms with E-state index in [-0.39, 0.29) is 23.7 Å². The van der Waals surface area contributed by atoms with E-state index in [0.29, 0.717) is 24.5 Å². The summed E-state index contributed by atoms with van der Waals surface area (Å²) in [6.07, 6.45) is 1.38. The van der Waals surface area contributed by atoms with E-state index in [1.807, 2.05) is 43.3 Å². The number of rotatable bonds is 8. The first-order valence-electron chi connectivity index (χ1n) is 7.92. The topological polar surface area (TPSA) is 61.4 Å². The van der Waals surface area contributed by atoms with Gasteiger partial charge in [0.1, 0.15) is 0 Å². The number of hydrogen-bond acceptors (Lipinski definition) is 3. The Morgan fingerprint density at radius 2 is 1.83 bits per heavy atom. The average Bonchev–Trinajstić information content (AvgIpc) is 3.27. The maximum atomic E-state index is 12.0. The molecule has 2 atom stereocenters. The summed E-state index contributed by atoms with van der Waals surface area (Å²) in [7, 11) is 3.92. The number of halogens is 1. The molecule has 0 aliphatic heterocycles. The summed E-state index contributed by atoms with van der Waals surface area (Å²) in [5.41, 5.74) is 1.09. The lowest BCUT2D eigenvalue weighted by Gasteiger charge is -2.10. The average molecular weight is 338 g/mol. The molecule has 1 aromatic carbocycles. The van der Waals surface area contributed by atoms with Gasteiger partial charge in [-0.3, -0.25) is 9.59 Å². The van der Waals surface area contributed by atoms with Gasteiger partial charge in [0.05, 0.1) is 11.8 Å². The van der Waals surface area contributed by atoms with Gasteiger partial charge in [0.15, 0.2) is 0 Å². The van der Waals surface area contributed by atoms with Crippen molar-refractivity contribution in [1.29, 1.82) is 0 Å². The summed E-state index contributed by atoms with van der Waals surface area (Å²) in [6.45, 7) is 1.98. The molecule has 1 saturated carbocycles. The normalized spacial score (nSPS) is 19.5. The number of amides is 2. The highest BCUT2D eigenvalue weighted by atomic mass is 35.5. The molecule has 126 valence electrons. The molecule has 0 bridgehead atoms. The number of benzene rings is 1. The molecule has 2 rings (SSSR count). The van der Waals surface area contributed by atoms with Crippen LogP contribution in [0.25, 0.3) is 0 Å². The molecule has 6 heteroatoms. The number of nitrogens with zero attached hydrogens (tertiary/aromatic N) is 1. The molecular weight excluding hydrogens is 314 g/mol. The number of nitrogens with one attached hydrogen (secondary N) is 2. The van der Waals surface area contributed by atoms with E-state index in [9.17, 15) is 9.59 Å². The molecule has 1 aliphatic rings. The van der Waals surface area contributed by atoms with Crippen molar-refractivity contribution in [2.24, 2.45) is 11.8 Å². The molecule has 1 fully saturated rings. The van der Waals surface area contributed by atoms with E-state index in [4.69, 9.17) is 11.6 Å². The minimum atomic E-state index is -0.172. The highest BCUT2D eigenvalue weighted by Gasteiger charge is 2.47. The van der Waals surface area contributed by atoms with Gasteiger partial charge in [-0.2, -0.15) is 0 Å². The van der Waals surface area contributed by atoms with Gasteiger partial charge in [-0.25, -0.2) is 0 Å². The number of likely N-dealkylation sites (N-methyl/N-ethyl adjacent to an activating group) is 1. The van der Waals surface area contributed by atoms with Gasteiger partial charge in [0.25, 0.3) is 0 Å². The predicted octanol–water partition coefficient (Wildman–Crippen LogP) is 1.31. The fourth-order valence-corrected chi connectivity index (χ4v) is 2.67. The van der Waals surface area contributed by atoms with Gasteiger partial charge in [-0.05, 0) is 44.6 Å². The quantitative estimate of drug-likeness (QED) is 0.752. The van der Waals surface area contributed by atoms with Crippen LogP contribution in [0.5, 0.6) is 0 Å². The van der Waals surface area contributed by atoms with Crippen molar-refractivity contribution < 1.29 is 9.59 Å². The van der Waals surface area contributed by atoms with Gasteiger partial charge >= 0.3 is 0 Å². The zero-order valence-electron chi connectivity index (χ0n) is 13.6. The van der Waals surface area contributed by atoms with E-state index in [1.54, 1.807) is 0 Å². The van der Waals surface area contributed by atoms with Crippen LogP contribution in [-0.2, 0) is 16.0 Å². The summed E-state index contributed by atoms with van der Waals surface area (Å²) in [5, 5.41) is 6.47. The first kappa shape index (κ1) is 17.8. The first-order chi connectivity index (χ1) is 11.0. The molecule has 0 saturated heterocycles. The van der Waals surface area contributed by atoms with Crippen molar-refractivity contribution >= 4 is 23.4 Å². The second-order valence-electron chi connectivity index (χ2n) is 6.21. The molecule has 0 heterocycles. The fraction of sp³-hybridized carbons (Fsp3) is 0.529. The molecule has 2 N–H and O–H groups in total. The van der Waals surface area contributed by atoms with Gasteiger partial charge in [0.2, 0.25) is 11.8 Å². The maximum Gasteiger partial charge on any atom is 0.223 e. The van der Waals surface area contributed by atoms with Crippen LogP contribution in [0, 0.1) is 11.8 Å². The van der Waals surface area contributed by atoms with E-state index in [1.165, 1.54) is 0 Å². The van der Waals surface area contributed by atoms with Crippen LogP contribution in [0.3, 0.4) is 0 Å². The third-order valence-corrected chi connectivity index (χ3v) is 4.16. The Morgan fingerprint density at radius 3 is 2.43 bits per heavy atom. The van der Waals surface area contributed by atoms with Crippen LogP contribution in [-0.4, -0.2) is 50.4 Å². The Kier molecular flexibility index (Phi) is 6.42. The maximum absolute atomic E-state index is 12.0. The van der Waals surface area contributed by atoms with Crippen LogP contribution < -0.4 is 10.6 Å². The minimum absolute atomic E-state index is 0.0122. The molecule has 5 nitrogen and oxygen atoms in total. The second-order valence-corrected chi connectivity index (χ2v) is 6.65. The van der Waals surface area contributed by atoms with Crippen LogP contribution in [0.4, 0.5) is 0 Å². The highest BCUT2D eigenvalue weighted by molar-refractivity contribution is 6.30. The molecular formula is C17H24ClN3O2. The summed E-state index contributed by atoms with van der Waals surface area (Å²) in [5.74, 6) is -0.376. The zero-order valence-corrected chi connectivity index (χ0v) is 14.4. The Hall–Kier alpha value is -1.59. The summed E-state index contributed by atoms with van der Waals surface area (Å²) >= 11 is 5.93. The van der Waals surface area contributed by atoms with Crippen LogP contribution in [0.2, 0.25) is 5.02 Å². The zero-order chi connectivity index (χ0) is 16.8. The Bertz CT molecular complexity index is 563. The van der Waals surface area contributed by atoms with E-state index >= 15 is 0 Å². The number of carbonyl (C=O) groups is 2. The molecule has 1 aromatic rings. The van der Waals surface area contributed by atoms with Crippen molar-refractivity contribution in [3.05, 3.63) is 34.9 Å². The van der Waals surface area contributed by atoms with Crippen LogP contribution >= 0.6 is 11.6 Å². The van der Waals surface area contributed by atoms with Crippen molar-refractivity contribution in [2.45, 2.75) is 12.8 Å². The smallest absolute Gasteiger partial charge is 0.223 e. The van der Waals surface area contributed by atoms with E-state index < -0.39 is 0 Å². The molecule has 23 heavy (non-hydrogen) atoms. The second kappa shape index (κ2) is 8.31. The van der Waals surface area contributed by atoms with Crippen molar-refractivity contribution in [2.75, 3.05) is 33.7 Å². The summed E-state index contributed by atoms with van der Waals surface area (Å²) in [6, 6.07) is 7.60. The first-order valence-corrected chi connectivity index (χ1v) is 8.30. The van der Waals surface area contributed by atoms with Gasteiger partial charge in [-0.1, -0.05) is 23.7 Å². The number of carbonyl (C=O) groups excluding carboxylic acids is 2. The SMILES string of the molecule is CN(C)CCNC(=O)C1CC1C(=O)NCCc1cccc(Cl)c1. The monoisotopic (exact) mass is 337 g/mol. The van der Waals surface area contributed by atoms with Gasteiger partial charge in [0, 0.05) is 24.7 Å². The summed E-state index contributed by atoms with van der Waals surface area (Å²) < 4.78 is 0. The standard InChI is InChI=1S/C17H24ClN3O2/c1-21(2)9-8-20-17(23)15-11-14(15)16(22)19-7-6-12-4-3-5-13(18)10-12/h3-5,10,14-15H,6-9,11H2,1-2H3,(H,19,22)(H,20,23). The molecule has 1 aliphatic carbocycles. The largest absolute Gasteiger partial charge is 0.356 e. The minimum Gasteiger partial charge on any atom is -0.356 e. The van der Waals surface area contributed by atoms with Crippen LogP contribution in [0.1, 0.15) is 12.0 Å². The third-order valence-electron chi connectivity index (χ3n) is 3.92. The predicted molar refractivity (Wildman–Crippen MR) is 91.3 cm³/mol. The highest BCUT2D eigenvalue weighted by Crippen LogP contribution is 2.38.